The lowest BCUT2D eigenvalue weighted by Gasteiger charge is -1.92. The fraction of sp³-hybridized carbons (Fsp3) is 0.400. The minimum Gasteiger partial charge on any atom is -0.0845 e. The Bertz CT molecular complexity index is 131. The third-order valence-electron chi connectivity index (χ3n) is 1.60. The minimum atomic E-state index is 1.23. The summed E-state index contributed by atoms with van der Waals surface area (Å²) in [6, 6.07) is 0. The van der Waals surface area contributed by atoms with Crippen LogP contribution in [0.3, 0.4) is 0 Å². The first kappa shape index (κ1) is 7.33. The van der Waals surface area contributed by atoms with Gasteiger partial charge in [0, 0.05) is 0 Å². The molecular weight excluding hydrogens is 120 g/mol. The van der Waals surface area contributed by atoms with Gasteiger partial charge in [0.2, 0.25) is 0 Å². The molecule has 0 heterocycles. The van der Waals surface area contributed by atoms with Crippen LogP contribution in [0, 0.1) is 0 Å². The Morgan fingerprint density at radius 2 is 1.10 bits per heavy atom. The van der Waals surface area contributed by atoms with Gasteiger partial charge in [0.1, 0.15) is 0 Å². The molecule has 0 bridgehead atoms. The molecule has 0 aromatic carbocycles. The molecule has 0 aliphatic heterocycles. The van der Waals surface area contributed by atoms with Crippen molar-refractivity contribution in [2.45, 2.75) is 25.7 Å². The van der Waals surface area contributed by atoms with Crippen LogP contribution in [0.2, 0.25) is 0 Å². The van der Waals surface area contributed by atoms with Crippen molar-refractivity contribution in [3.05, 3.63) is 36.5 Å². The van der Waals surface area contributed by atoms with Crippen LogP contribution < -0.4 is 0 Å². The van der Waals surface area contributed by atoms with Crippen molar-refractivity contribution in [2.24, 2.45) is 0 Å². The summed E-state index contributed by atoms with van der Waals surface area (Å²) in [5, 5.41) is 0. The van der Waals surface area contributed by atoms with Gasteiger partial charge < -0.3 is 0 Å². The molecule has 1 aliphatic rings. The second-order valence-electron chi connectivity index (χ2n) is 2.53. The van der Waals surface area contributed by atoms with Crippen molar-refractivity contribution in [3.63, 3.8) is 0 Å². The molecule has 0 aromatic heterocycles. The lowest BCUT2D eigenvalue weighted by Crippen LogP contribution is -1.72. The highest BCUT2D eigenvalue weighted by molar-refractivity contribution is 5.11. The second-order valence-corrected chi connectivity index (χ2v) is 2.53. The van der Waals surface area contributed by atoms with Crippen LogP contribution in [0.1, 0.15) is 25.7 Å². The molecule has 0 amide bonds. The van der Waals surface area contributed by atoms with Crippen molar-refractivity contribution in [3.8, 4) is 0 Å². The summed E-state index contributed by atoms with van der Waals surface area (Å²) in [6.07, 6.45) is 18.0. The Labute approximate surface area is 62.9 Å². The predicted molar refractivity (Wildman–Crippen MR) is 45.9 cm³/mol. The fourth-order valence-electron chi connectivity index (χ4n) is 1.00. The molecule has 0 fully saturated rings. The third-order valence-corrected chi connectivity index (χ3v) is 1.60. The molecular formula is C10H14. The molecule has 0 heteroatoms. The van der Waals surface area contributed by atoms with Crippen molar-refractivity contribution in [1.82, 2.24) is 0 Å². The first-order valence-electron chi connectivity index (χ1n) is 3.98. The molecule has 0 radical (unpaired) electrons. The molecule has 0 unspecified atom stereocenters. The Hall–Kier alpha value is -0.780. The Morgan fingerprint density at radius 1 is 0.600 bits per heavy atom. The van der Waals surface area contributed by atoms with Crippen molar-refractivity contribution >= 4 is 0 Å². The van der Waals surface area contributed by atoms with Gasteiger partial charge in [0.05, 0.1) is 0 Å². The van der Waals surface area contributed by atoms with Crippen LogP contribution in [0.5, 0.6) is 0 Å². The topological polar surface area (TPSA) is 0 Å². The van der Waals surface area contributed by atoms with E-state index < -0.39 is 0 Å². The van der Waals surface area contributed by atoms with E-state index in [4.69, 9.17) is 0 Å². The van der Waals surface area contributed by atoms with E-state index >= 15 is 0 Å². The zero-order valence-corrected chi connectivity index (χ0v) is 6.29. The summed E-state index contributed by atoms with van der Waals surface area (Å²) in [7, 11) is 0. The van der Waals surface area contributed by atoms with Crippen molar-refractivity contribution in [2.75, 3.05) is 0 Å². The molecule has 1 rings (SSSR count). The molecule has 0 spiro atoms. The second kappa shape index (κ2) is 5.04. The monoisotopic (exact) mass is 134 g/mol. The first-order chi connectivity index (χ1) is 5.00. The highest BCUT2D eigenvalue weighted by Gasteiger charge is 1.83. The van der Waals surface area contributed by atoms with Crippen LogP contribution in [0.4, 0.5) is 0 Å². The van der Waals surface area contributed by atoms with Gasteiger partial charge in [-0.1, -0.05) is 36.5 Å². The quantitative estimate of drug-likeness (QED) is 0.477. The Kier molecular flexibility index (Phi) is 3.69. The van der Waals surface area contributed by atoms with Crippen molar-refractivity contribution in [1.29, 1.82) is 0 Å². The maximum Gasteiger partial charge on any atom is -0.0347 e. The number of hydrogen-bond donors (Lipinski definition) is 0. The van der Waals surface area contributed by atoms with E-state index in [-0.39, 0.29) is 0 Å². The average molecular weight is 134 g/mol. The lowest BCUT2D eigenvalue weighted by molar-refractivity contribution is 0.762. The molecule has 0 nitrogen and oxygen atoms in total. The number of rotatable bonds is 0. The predicted octanol–water partition coefficient (Wildman–Crippen LogP) is 3.23. The number of hydrogen-bond acceptors (Lipinski definition) is 0. The minimum absolute atomic E-state index is 1.23. The lowest BCUT2D eigenvalue weighted by atomic mass is 10.1. The largest absolute Gasteiger partial charge is 0.0845 e. The van der Waals surface area contributed by atoms with Gasteiger partial charge in [-0.25, -0.2) is 0 Å². The summed E-state index contributed by atoms with van der Waals surface area (Å²) in [6.45, 7) is 0. The zero-order valence-electron chi connectivity index (χ0n) is 6.29. The van der Waals surface area contributed by atoms with Gasteiger partial charge in [-0.2, -0.15) is 0 Å². The number of allylic oxidation sites excluding steroid dienone is 6. The first-order valence-corrected chi connectivity index (χ1v) is 3.98. The van der Waals surface area contributed by atoms with E-state index in [0.29, 0.717) is 0 Å². The average Bonchev–Trinajstić information content (AvgIpc) is 2.01. The van der Waals surface area contributed by atoms with E-state index in [1.807, 2.05) is 0 Å². The molecule has 0 saturated heterocycles. The summed E-state index contributed by atoms with van der Waals surface area (Å²) in [5.41, 5.74) is 0. The SMILES string of the molecule is C1=C\CCCC\C=C/C=C/1. The van der Waals surface area contributed by atoms with Gasteiger partial charge >= 0.3 is 0 Å². The normalized spacial score (nSPS) is 28.8. The van der Waals surface area contributed by atoms with Gasteiger partial charge in [0.25, 0.3) is 0 Å². The van der Waals surface area contributed by atoms with E-state index in [0.717, 1.165) is 0 Å². The summed E-state index contributed by atoms with van der Waals surface area (Å²) in [4.78, 5) is 0. The van der Waals surface area contributed by atoms with Crippen LogP contribution in [-0.4, -0.2) is 0 Å². The van der Waals surface area contributed by atoms with Crippen LogP contribution in [0.15, 0.2) is 36.5 Å². The standard InChI is InChI=1S/C10H14/c1-2-4-6-8-10-9-7-5-3-1/h1-6H,7-10H2/b2-1+,5-3-,6-4-. The highest BCUT2D eigenvalue weighted by Crippen LogP contribution is 2.03. The molecule has 10 heavy (non-hydrogen) atoms. The van der Waals surface area contributed by atoms with E-state index in [1.54, 1.807) is 0 Å². The van der Waals surface area contributed by atoms with Crippen LogP contribution in [-0.2, 0) is 0 Å². The van der Waals surface area contributed by atoms with Gasteiger partial charge in [-0.3, -0.25) is 0 Å². The molecule has 0 atom stereocenters. The van der Waals surface area contributed by atoms with Gasteiger partial charge in [-0.05, 0) is 25.7 Å². The molecule has 0 saturated carbocycles. The maximum atomic E-state index is 2.23. The van der Waals surface area contributed by atoms with E-state index in [9.17, 15) is 0 Å². The smallest absolute Gasteiger partial charge is 0.0347 e. The summed E-state index contributed by atoms with van der Waals surface area (Å²) >= 11 is 0. The highest BCUT2D eigenvalue weighted by atomic mass is 13.9. The maximum absolute atomic E-state index is 2.23. The van der Waals surface area contributed by atoms with Crippen LogP contribution >= 0.6 is 0 Å². The van der Waals surface area contributed by atoms with Crippen molar-refractivity contribution < 1.29 is 0 Å². The van der Waals surface area contributed by atoms with Crippen LogP contribution in [0.25, 0.3) is 0 Å². The summed E-state index contributed by atoms with van der Waals surface area (Å²) < 4.78 is 0. The molecule has 54 valence electrons. The third kappa shape index (κ3) is 3.29. The summed E-state index contributed by atoms with van der Waals surface area (Å²) in [5.74, 6) is 0. The zero-order chi connectivity index (χ0) is 7.07. The molecule has 0 N–H and O–H groups in total. The molecule has 1 aliphatic carbocycles. The van der Waals surface area contributed by atoms with Gasteiger partial charge in [-0.15, -0.1) is 0 Å². The Balaban J connectivity index is 2.40. The molecule has 0 aromatic rings. The van der Waals surface area contributed by atoms with E-state index in [1.165, 1.54) is 25.7 Å². The Morgan fingerprint density at radius 3 is 1.60 bits per heavy atom. The fourth-order valence-corrected chi connectivity index (χ4v) is 1.00. The van der Waals surface area contributed by atoms with Gasteiger partial charge in [0.15, 0.2) is 0 Å². The van der Waals surface area contributed by atoms with E-state index in [2.05, 4.69) is 36.5 Å².